The number of diazo groups is 1. The van der Waals surface area contributed by atoms with E-state index in [2.05, 4.69) is 4.98 Å². The SMILES string of the molecule is N#[N+]c1ccc(Cl)cc1[N+](=O)[O-].[Cl-].[Cl-].[Zn]. The van der Waals surface area contributed by atoms with Crippen molar-refractivity contribution < 1.29 is 49.2 Å². The predicted octanol–water partition coefficient (Wildman–Crippen LogP) is -3.26. The second-order valence-corrected chi connectivity index (χ2v) is 2.43. The summed E-state index contributed by atoms with van der Waals surface area (Å²) < 4.78 is 0. The van der Waals surface area contributed by atoms with Crippen molar-refractivity contribution in [2.75, 3.05) is 0 Å². The van der Waals surface area contributed by atoms with Crippen LogP contribution in [0.4, 0.5) is 11.4 Å². The molecule has 0 spiro atoms. The molecule has 0 bridgehead atoms. The number of benzene rings is 1. The minimum atomic E-state index is -0.666. The zero-order valence-electron chi connectivity index (χ0n) is 7.23. The number of nitro benzene ring substituents is 1. The summed E-state index contributed by atoms with van der Waals surface area (Å²) in [5.41, 5.74) is -0.422. The Bertz CT molecular complexity index is 382. The first-order valence-electron chi connectivity index (χ1n) is 2.94. The van der Waals surface area contributed by atoms with Gasteiger partial charge in [-0.25, -0.2) is 0 Å². The Morgan fingerprint density at radius 1 is 1.40 bits per heavy atom. The largest absolute Gasteiger partial charge is 1.00 e. The molecule has 0 fully saturated rings. The summed E-state index contributed by atoms with van der Waals surface area (Å²) >= 11 is 5.49. The molecule has 15 heavy (non-hydrogen) atoms. The van der Waals surface area contributed by atoms with Crippen LogP contribution in [0.2, 0.25) is 5.02 Å². The molecule has 0 radical (unpaired) electrons. The van der Waals surface area contributed by atoms with Crippen molar-refractivity contribution >= 4 is 23.0 Å². The van der Waals surface area contributed by atoms with Crippen LogP contribution in [0.5, 0.6) is 0 Å². The summed E-state index contributed by atoms with van der Waals surface area (Å²) in [4.78, 5) is 12.4. The molecule has 0 aromatic heterocycles. The van der Waals surface area contributed by atoms with E-state index in [0.29, 0.717) is 0 Å². The van der Waals surface area contributed by atoms with E-state index in [-0.39, 0.29) is 60.7 Å². The molecule has 9 heteroatoms. The van der Waals surface area contributed by atoms with Crippen molar-refractivity contribution in [3.8, 4) is 0 Å². The zero-order chi connectivity index (χ0) is 9.14. The number of nitro groups is 1. The van der Waals surface area contributed by atoms with Crippen LogP contribution in [0.1, 0.15) is 0 Å². The maximum absolute atomic E-state index is 10.3. The molecule has 1 aromatic rings. The van der Waals surface area contributed by atoms with Crippen molar-refractivity contribution in [3.63, 3.8) is 0 Å². The fourth-order valence-electron chi connectivity index (χ4n) is 0.727. The second kappa shape index (κ2) is 8.81. The molecule has 0 heterocycles. The van der Waals surface area contributed by atoms with E-state index in [9.17, 15) is 10.1 Å². The molecule has 0 amide bonds. The third-order valence-corrected chi connectivity index (χ3v) is 1.48. The normalized spacial score (nSPS) is 7.20. The van der Waals surface area contributed by atoms with E-state index in [1.165, 1.54) is 12.1 Å². The molecular formula is C6H3Cl3N3O2Zn-. The van der Waals surface area contributed by atoms with Crippen molar-refractivity contribution in [2.24, 2.45) is 0 Å². The van der Waals surface area contributed by atoms with Crippen molar-refractivity contribution in [1.29, 1.82) is 5.39 Å². The second-order valence-electron chi connectivity index (χ2n) is 1.99. The van der Waals surface area contributed by atoms with Gasteiger partial charge in [-0.2, -0.15) is 0 Å². The Morgan fingerprint density at radius 2 is 1.93 bits per heavy atom. The number of rotatable bonds is 1. The average Bonchev–Trinajstić information content (AvgIpc) is 2.04. The molecule has 5 nitrogen and oxygen atoms in total. The molecule has 0 atom stereocenters. The zero-order valence-corrected chi connectivity index (χ0v) is 12.5. The van der Waals surface area contributed by atoms with Gasteiger partial charge in [-0.1, -0.05) is 11.6 Å². The number of hydrogen-bond acceptors (Lipinski definition) is 3. The smallest absolute Gasteiger partial charge is 0.461 e. The first-order chi connectivity index (χ1) is 5.65. The Morgan fingerprint density at radius 3 is 2.33 bits per heavy atom. The van der Waals surface area contributed by atoms with Gasteiger partial charge in [-0.05, 0) is 6.07 Å². The Hall–Kier alpha value is -0.467. The summed E-state index contributed by atoms with van der Waals surface area (Å²) in [5, 5.41) is 18.9. The van der Waals surface area contributed by atoms with Gasteiger partial charge in [0.2, 0.25) is 5.39 Å². The van der Waals surface area contributed by atoms with Gasteiger partial charge in [0.1, 0.15) is 0 Å². The Balaban J connectivity index is -0.000000480. The van der Waals surface area contributed by atoms with Gasteiger partial charge in [-0.15, -0.1) is 0 Å². The quantitative estimate of drug-likeness (QED) is 0.236. The Kier molecular flexibility index (Phi) is 11.8. The van der Waals surface area contributed by atoms with Crippen LogP contribution < -0.4 is 24.8 Å². The summed E-state index contributed by atoms with van der Waals surface area (Å²) in [5.74, 6) is 0. The number of halogens is 3. The summed E-state index contributed by atoms with van der Waals surface area (Å²) in [6.45, 7) is 0. The maximum atomic E-state index is 10.3. The van der Waals surface area contributed by atoms with Gasteiger partial charge in [0.25, 0.3) is 0 Å². The van der Waals surface area contributed by atoms with Gasteiger partial charge in [0.05, 0.1) is 4.92 Å². The minimum Gasteiger partial charge on any atom is -1.00 e. The van der Waals surface area contributed by atoms with Gasteiger partial charge in [0, 0.05) is 36.6 Å². The third-order valence-electron chi connectivity index (χ3n) is 1.24. The van der Waals surface area contributed by atoms with Gasteiger partial charge < -0.3 is 24.8 Å². The van der Waals surface area contributed by atoms with Crippen molar-refractivity contribution in [2.45, 2.75) is 0 Å². The van der Waals surface area contributed by atoms with Crippen LogP contribution in [0.15, 0.2) is 18.2 Å². The number of nitrogens with zero attached hydrogens (tertiary/aromatic N) is 3. The van der Waals surface area contributed by atoms with Gasteiger partial charge >= 0.3 is 11.4 Å². The fraction of sp³-hybridized carbons (Fsp3) is 0. The standard InChI is InChI=1S/C6H3ClN3O2.2ClH.Zn/c7-4-1-2-5(9-8)6(3-4)10(11)12;;;/h1-3H;2*1H;/q+1;;;/p-2. The maximum Gasteiger partial charge on any atom is 0.461 e. The molecule has 78 valence electrons. The van der Waals surface area contributed by atoms with Crippen molar-refractivity contribution in [3.05, 3.63) is 38.3 Å². The molecule has 0 aliphatic rings. The first kappa shape index (κ1) is 20.0. The van der Waals surface area contributed by atoms with E-state index in [4.69, 9.17) is 17.0 Å². The Labute approximate surface area is 116 Å². The summed E-state index contributed by atoms with van der Waals surface area (Å²) in [6, 6.07) is 3.79. The molecule has 1 aromatic carbocycles. The first-order valence-corrected chi connectivity index (χ1v) is 3.32. The molecule has 0 aliphatic heterocycles. The molecular weight excluding hydrogens is 318 g/mol. The molecule has 0 saturated carbocycles. The third kappa shape index (κ3) is 5.24. The monoisotopic (exact) mass is 318 g/mol. The molecule has 0 aliphatic carbocycles. The summed E-state index contributed by atoms with van der Waals surface area (Å²) in [6.07, 6.45) is 0. The van der Waals surface area contributed by atoms with Crippen LogP contribution in [0, 0.1) is 15.5 Å². The van der Waals surface area contributed by atoms with Crippen LogP contribution >= 0.6 is 11.6 Å². The van der Waals surface area contributed by atoms with Crippen LogP contribution in [-0.4, -0.2) is 4.92 Å². The summed E-state index contributed by atoms with van der Waals surface area (Å²) in [7, 11) is 0. The van der Waals surface area contributed by atoms with Gasteiger partial charge in [-0.3, -0.25) is 10.1 Å². The molecule has 0 unspecified atom stereocenters. The minimum absolute atomic E-state index is 0. The molecule has 1 rings (SSSR count). The number of hydrogen-bond donors (Lipinski definition) is 0. The van der Waals surface area contributed by atoms with Crippen LogP contribution in [0.25, 0.3) is 4.98 Å². The van der Waals surface area contributed by atoms with E-state index in [1.807, 2.05) is 0 Å². The molecule has 0 saturated heterocycles. The van der Waals surface area contributed by atoms with Crippen LogP contribution in [-0.2, 0) is 19.5 Å². The van der Waals surface area contributed by atoms with E-state index < -0.39 is 4.92 Å². The predicted molar refractivity (Wildman–Crippen MR) is 42.9 cm³/mol. The van der Waals surface area contributed by atoms with Gasteiger partial charge in [0.15, 0.2) is 4.98 Å². The van der Waals surface area contributed by atoms with E-state index in [1.54, 1.807) is 0 Å². The van der Waals surface area contributed by atoms with E-state index in [0.717, 1.165) is 6.07 Å². The van der Waals surface area contributed by atoms with E-state index >= 15 is 0 Å². The topological polar surface area (TPSA) is 71.3 Å². The van der Waals surface area contributed by atoms with Crippen LogP contribution in [0.3, 0.4) is 0 Å². The average molecular weight is 321 g/mol. The molecule has 0 N–H and O–H groups in total. The fourth-order valence-corrected chi connectivity index (χ4v) is 0.894. The van der Waals surface area contributed by atoms with Crippen molar-refractivity contribution in [1.82, 2.24) is 0 Å².